The lowest BCUT2D eigenvalue weighted by atomic mass is 10.1. The van der Waals surface area contributed by atoms with E-state index < -0.39 is 21.5 Å². The third-order valence-electron chi connectivity index (χ3n) is 3.71. The highest BCUT2D eigenvalue weighted by molar-refractivity contribution is 7.91. The summed E-state index contributed by atoms with van der Waals surface area (Å²) in [4.78, 5) is 15.8. The van der Waals surface area contributed by atoms with Crippen LogP contribution in [0.5, 0.6) is 0 Å². The first-order valence-corrected chi connectivity index (χ1v) is 9.66. The Hall–Kier alpha value is -1.57. The fraction of sp³-hybridized carbons (Fsp3) is 0.733. The molecule has 2 rings (SSSR count). The summed E-state index contributed by atoms with van der Waals surface area (Å²) in [6, 6.07) is 0.164. The van der Waals surface area contributed by atoms with E-state index in [9.17, 15) is 13.2 Å². The van der Waals surface area contributed by atoms with E-state index in [1.807, 2.05) is 25.3 Å². The maximum atomic E-state index is 11.6. The minimum Gasteiger partial charge on any atom is -0.444 e. The third-order valence-corrected chi connectivity index (χ3v) is 5.43. The summed E-state index contributed by atoms with van der Waals surface area (Å²) in [6.45, 7) is 5.90. The summed E-state index contributed by atoms with van der Waals surface area (Å²) in [5.41, 5.74) is 0.477. The van der Waals surface area contributed by atoms with Gasteiger partial charge in [0.05, 0.1) is 17.8 Å². The molecule has 8 heteroatoms. The van der Waals surface area contributed by atoms with Crippen LogP contribution in [0.1, 0.15) is 45.3 Å². The highest BCUT2D eigenvalue weighted by atomic mass is 32.2. The van der Waals surface area contributed by atoms with Gasteiger partial charge in [0.2, 0.25) is 0 Å². The van der Waals surface area contributed by atoms with Crippen molar-refractivity contribution in [2.75, 3.05) is 18.1 Å². The Morgan fingerprint density at radius 1 is 1.39 bits per heavy atom. The lowest BCUT2D eigenvalue weighted by Gasteiger charge is -2.25. The highest BCUT2D eigenvalue weighted by Crippen LogP contribution is 2.25. The molecule has 1 fully saturated rings. The number of nitrogens with one attached hydrogen (secondary N) is 1. The number of hydrogen-bond donors (Lipinski definition) is 1. The molecule has 0 atom stereocenters. The molecule has 1 aliphatic heterocycles. The first-order chi connectivity index (χ1) is 10.7. The Morgan fingerprint density at radius 3 is 2.65 bits per heavy atom. The quantitative estimate of drug-likeness (QED) is 0.898. The third kappa shape index (κ3) is 5.53. The molecule has 0 saturated carbocycles. The number of sulfone groups is 1. The number of carbonyl (C=O) groups excluding carboxylic acids is 1. The lowest BCUT2D eigenvalue weighted by molar-refractivity contribution is 0.0528. The van der Waals surface area contributed by atoms with E-state index in [0.29, 0.717) is 25.8 Å². The van der Waals surface area contributed by atoms with Gasteiger partial charge in [-0.25, -0.2) is 18.2 Å². The van der Waals surface area contributed by atoms with Crippen LogP contribution < -0.4 is 5.32 Å². The molecular weight excluding hydrogens is 318 g/mol. The fourth-order valence-corrected chi connectivity index (χ4v) is 4.08. The van der Waals surface area contributed by atoms with Gasteiger partial charge in [-0.3, -0.25) is 0 Å². The first-order valence-electron chi connectivity index (χ1n) is 7.84. The predicted molar refractivity (Wildman–Crippen MR) is 87.1 cm³/mol. The number of rotatable bonds is 4. The van der Waals surface area contributed by atoms with E-state index in [2.05, 4.69) is 10.3 Å². The number of alkyl carbamates (subject to hydrolysis) is 1. The van der Waals surface area contributed by atoms with Crippen molar-refractivity contribution < 1.29 is 17.9 Å². The molecule has 1 N–H and O–H groups in total. The normalized spacial score (nSPS) is 18.6. The summed E-state index contributed by atoms with van der Waals surface area (Å²) in [5, 5.41) is 2.72. The van der Waals surface area contributed by atoms with Crippen LogP contribution in [0.25, 0.3) is 0 Å². The molecular formula is C15H25N3O4S. The van der Waals surface area contributed by atoms with Crippen molar-refractivity contribution in [1.82, 2.24) is 14.9 Å². The van der Waals surface area contributed by atoms with E-state index in [0.717, 1.165) is 5.69 Å². The zero-order valence-corrected chi connectivity index (χ0v) is 14.7. The van der Waals surface area contributed by atoms with Crippen LogP contribution in [-0.2, 0) is 21.0 Å². The highest BCUT2D eigenvalue weighted by Gasteiger charge is 2.25. The fourth-order valence-electron chi connectivity index (χ4n) is 2.62. The molecule has 1 saturated heterocycles. The summed E-state index contributed by atoms with van der Waals surface area (Å²) in [5.74, 6) is 0.455. The van der Waals surface area contributed by atoms with E-state index in [-0.39, 0.29) is 17.5 Å². The molecule has 130 valence electrons. The molecule has 23 heavy (non-hydrogen) atoms. The van der Waals surface area contributed by atoms with Gasteiger partial charge in [-0.2, -0.15) is 0 Å². The molecule has 0 radical (unpaired) electrons. The number of amides is 1. The molecule has 0 aliphatic carbocycles. The van der Waals surface area contributed by atoms with Crippen molar-refractivity contribution in [2.45, 2.75) is 51.7 Å². The molecule has 2 heterocycles. The van der Waals surface area contributed by atoms with Gasteiger partial charge in [0.25, 0.3) is 0 Å². The largest absolute Gasteiger partial charge is 0.444 e. The van der Waals surface area contributed by atoms with E-state index in [1.165, 1.54) is 0 Å². The Bertz CT molecular complexity index is 632. The molecule has 1 amide bonds. The Kier molecular flexibility index (Phi) is 5.33. The molecule has 0 unspecified atom stereocenters. The van der Waals surface area contributed by atoms with Crippen LogP contribution in [0.2, 0.25) is 0 Å². The molecule has 1 aromatic heterocycles. The maximum absolute atomic E-state index is 11.6. The second-order valence-corrected chi connectivity index (χ2v) is 9.16. The van der Waals surface area contributed by atoms with Crippen LogP contribution in [0, 0.1) is 0 Å². The number of ether oxygens (including phenoxy) is 1. The summed E-state index contributed by atoms with van der Waals surface area (Å²) in [6.07, 6.45) is 4.93. The maximum Gasteiger partial charge on any atom is 0.407 e. The van der Waals surface area contributed by atoms with Crippen molar-refractivity contribution in [1.29, 1.82) is 0 Å². The van der Waals surface area contributed by atoms with Gasteiger partial charge in [-0.1, -0.05) is 0 Å². The standard InChI is InChI=1S/C15H25N3O4S/c1-15(2,3)22-14(19)17-7-4-13-10-16-11-18(13)12-5-8-23(20,21)9-6-12/h10-12H,4-9H2,1-3H3,(H,17,19). The van der Waals surface area contributed by atoms with Crippen molar-refractivity contribution >= 4 is 15.9 Å². The van der Waals surface area contributed by atoms with Crippen LogP contribution in [0.15, 0.2) is 12.5 Å². The number of nitrogens with zero attached hydrogens (tertiary/aromatic N) is 2. The predicted octanol–water partition coefficient (Wildman–Crippen LogP) is 1.70. The van der Waals surface area contributed by atoms with Crippen LogP contribution in [0.4, 0.5) is 4.79 Å². The zero-order valence-electron chi connectivity index (χ0n) is 13.9. The van der Waals surface area contributed by atoms with Crippen molar-refractivity contribution in [3.05, 3.63) is 18.2 Å². The number of carbonyl (C=O) groups is 1. The Balaban J connectivity index is 1.86. The second kappa shape index (κ2) is 6.90. The van der Waals surface area contributed by atoms with Crippen LogP contribution in [0.3, 0.4) is 0 Å². The zero-order chi connectivity index (χ0) is 17.1. The molecule has 0 aromatic carbocycles. The minimum atomic E-state index is -2.87. The van der Waals surface area contributed by atoms with Gasteiger partial charge in [0.15, 0.2) is 0 Å². The molecule has 0 spiro atoms. The van der Waals surface area contributed by atoms with E-state index in [4.69, 9.17) is 4.74 Å². The SMILES string of the molecule is CC(C)(C)OC(=O)NCCc1cncn1C1CCS(=O)(=O)CC1. The van der Waals surface area contributed by atoms with Gasteiger partial charge in [0, 0.05) is 30.9 Å². The molecule has 0 bridgehead atoms. The topological polar surface area (TPSA) is 90.3 Å². The number of imidazole rings is 1. The Morgan fingerprint density at radius 2 is 2.04 bits per heavy atom. The van der Waals surface area contributed by atoms with Crippen LogP contribution in [-0.4, -0.2) is 47.7 Å². The summed E-state index contributed by atoms with van der Waals surface area (Å²) < 4.78 is 30.3. The number of aromatic nitrogens is 2. The van der Waals surface area contributed by atoms with Gasteiger partial charge in [0.1, 0.15) is 15.4 Å². The van der Waals surface area contributed by atoms with Gasteiger partial charge >= 0.3 is 6.09 Å². The summed E-state index contributed by atoms with van der Waals surface area (Å²) >= 11 is 0. The van der Waals surface area contributed by atoms with Crippen molar-refractivity contribution in [3.8, 4) is 0 Å². The smallest absolute Gasteiger partial charge is 0.407 e. The average Bonchev–Trinajstić information content (AvgIpc) is 2.85. The van der Waals surface area contributed by atoms with Gasteiger partial charge in [-0.05, 0) is 33.6 Å². The first kappa shape index (κ1) is 17.8. The summed E-state index contributed by atoms with van der Waals surface area (Å²) in [7, 11) is -2.87. The average molecular weight is 343 g/mol. The second-order valence-electron chi connectivity index (χ2n) is 6.85. The molecule has 7 nitrogen and oxygen atoms in total. The monoisotopic (exact) mass is 343 g/mol. The van der Waals surface area contributed by atoms with Gasteiger partial charge in [-0.15, -0.1) is 0 Å². The van der Waals surface area contributed by atoms with Crippen molar-refractivity contribution in [3.63, 3.8) is 0 Å². The lowest BCUT2D eigenvalue weighted by Crippen LogP contribution is -2.34. The Labute approximate surface area is 137 Å². The number of hydrogen-bond acceptors (Lipinski definition) is 5. The molecule has 1 aliphatic rings. The van der Waals surface area contributed by atoms with Crippen molar-refractivity contribution in [2.24, 2.45) is 0 Å². The van der Waals surface area contributed by atoms with Crippen LogP contribution >= 0.6 is 0 Å². The van der Waals surface area contributed by atoms with E-state index in [1.54, 1.807) is 12.5 Å². The van der Waals surface area contributed by atoms with Gasteiger partial charge < -0.3 is 14.6 Å². The minimum absolute atomic E-state index is 0.164. The molecule has 1 aromatic rings. The van der Waals surface area contributed by atoms with E-state index >= 15 is 0 Å².